The topological polar surface area (TPSA) is 212 Å². The van der Waals surface area contributed by atoms with E-state index in [4.69, 9.17) is 4.89 Å². The first-order valence-electron chi connectivity index (χ1n) is 4.95. The molecule has 1 aliphatic rings. The maximum absolute atomic E-state index is 10.4. The number of phosphoric acid groups is 2. The Morgan fingerprint density at radius 1 is 1.09 bits per heavy atom. The molecule has 0 spiro atoms. The number of rotatable bonds is 6. The summed E-state index contributed by atoms with van der Waals surface area (Å²) in [4.78, 5) is 39.2. The van der Waals surface area contributed by atoms with Gasteiger partial charge in [0.15, 0.2) is 0 Å². The molecule has 0 aromatic rings. The second-order valence-electron chi connectivity index (χ2n) is 3.92. The van der Waals surface area contributed by atoms with Crippen LogP contribution in [0.3, 0.4) is 0 Å². The molecule has 0 aromatic carbocycles. The van der Waals surface area contributed by atoms with E-state index in [1.807, 2.05) is 0 Å². The van der Waals surface area contributed by atoms with Crippen molar-refractivity contribution in [2.45, 2.75) is 24.1 Å². The first-order chi connectivity index (χ1) is 8.84. The summed E-state index contributed by atoms with van der Waals surface area (Å²) in [6, 6.07) is 0. The maximum Gasteiger partial charge on any atom is 1.00 e. The van der Waals surface area contributed by atoms with Gasteiger partial charge in [0, 0.05) is 0 Å². The molecule has 0 saturated carbocycles. The van der Waals surface area contributed by atoms with E-state index in [1.54, 1.807) is 0 Å². The fourth-order valence-electron chi connectivity index (χ4n) is 1.46. The molecule has 0 amide bonds. The van der Waals surface area contributed by atoms with Crippen LogP contribution < -0.4 is 103 Å². The molecule has 12 nitrogen and oxygen atoms in total. The summed E-state index contributed by atoms with van der Waals surface area (Å²) in [7, 11) is -10.6. The van der Waals surface area contributed by atoms with Gasteiger partial charge in [0.05, 0.1) is 14.4 Å². The van der Waals surface area contributed by atoms with E-state index in [2.05, 4.69) is 13.8 Å². The molecule has 5 atom stereocenters. The molecule has 23 heavy (non-hydrogen) atoms. The predicted molar refractivity (Wildman–Crippen MR) is 51.2 cm³/mol. The molecule has 1 heterocycles. The van der Waals surface area contributed by atoms with E-state index in [0.29, 0.717) is 0 Å². The van der Waals surface area contributed by atoms with Gasteiger partial charge in [-0.3, -0.25) is 4.57 Å². The van der Waals surface area contributed by atoms with Crippen LogP contribution in [0.5, 0.6) is 0 Å². The fourth-order valence-corrected chi connectivity index (χ4v) is 2.14. The quantitative estimate of drug-likeness (QED) is 0.239. The van der Waals surface area contributed by atoms with Crippen molar-refractivity contribution in [1.82, 2.24) is 0 Å². The first kappa shape index (κ1) is 30.8. The second kappa shape index (κ2) is 11.8. The van der Waals surface area contributed by atoms with Gasteiger partial charge in [0.1, 0.15) is 24.9 Å². The zero-order valence-electron chi connectivity index (χ0n) is 12.6. The molecule has 1 fully saturated rings. The Hall–Kier alpha value is 3.06. The normalized spacial score (nSPS) is 32.9. The van der Waals surface area contributed by atoms with Crippen LogP contribution in [-0.2, 0) is 22.9 Å². The zero-order chi connectivity index (χ0) is 15.8. The Labute approximate surface area is 197 Å². The molecule has 0 radical (unpaired) electrons. The molecule has 1 rings (SSSR count). The Kier molecular flexibility index (Phi) is 15.8. The van der Waals surface area contributed by atoms with Crippen molar-refractivity contribution >= 4 is 15.6 Å². The average molecular weight is 406 g/mol. The van der Waals surface area contributed by atoms with Crippen molar-refractivity contribution in [1.29, 1.82) is 0 Å². The van der Waals surface area contributed by atoms with Crippen molar-refractivity contribution in [2.24, 2.45) is 0 Å². The molecule has 0 bridgehead atoms. The SMILES string of the molecule is O=P([O-])([O-])OCC1OC(O)(COP(=O)([O-])O)C(O)C1O.[Na+].[Na+].[Na+]. The number of ether oxygens (including phenoxy) is 1. The monoisotopic (exact) mass is 406 g/mol. The van der Waals surface area contributed by atoms with Crippen LogP contribution in [0.15, 0.2) is 0 Å². The van der Waals surface area contributed by atoms with Crippen molar-refractivity contribution in [2.75, 3.05) is 13.2 Å². The number of aliphatic hydroxyl groups excluding tert-OH is 2. The van der Waals surface area contributed by atoms with Gasteiger partial charge in [0.2, 0.25) is 5.79 Å². The van der Waals surface area contributed by atoms with Gasteiger partial charge in [-0.1, -0.05) is 0 Å². The van der Waals surface area contributed by atoms with Crippen LogP contribution in [0, 0.1) is 0 Å². The van der Waals surface area contributed by atoms with Gasteiger partial charge < -0.3 is 53.2 Å². The van der Waals surface area contributed by atoms with Gasteiger partial charge in [-0.15, -0.1) is 0 Å². The molecule has 0 aromatic heterocycles. The molecule has 5 unspecified atom stereocenters. The number of hydrogen-bond acceptors (Lipinski definition) is 11. The summed E-state index contributed by atoms with van der Waals surface area (Å²) in [5.74, 6) is -2.74. The third-order valence-corrected chi connectivity index (χ3v) is 3.27. The van der Waals surface area contributed by atoms with Gasteiger partial charge in [-0.25, -0.2) is 0 Å². The molecule has 1 aliphatic heterocycles. The third-order valence-electron chi connectivity index (χ3n) is 2.35. The fraction of sp³-hybridized carbons (Fsp3) is 1.00. The van der Waals surface area contributed by atoms with Crippen LogP contribution in [0.25, 0.3) is 0 Å². The Morgan fingerprint density at radius 2 is 1.57 bits per heavy atom. The van der Waals surface area contributed by atoms with E-state index >= 15 is 0 Å². The van der Waals surface area contributed by atoms with Crippen molar-refractivity contribution in [3.63, 3.8) is 0 Å². The smallest absolute Gasteiger partial charge is 0.790 e. The third kappa shape index (κ3) is 10.8. The Balaban J connectivity index is -0.00000133. The van der Waals surface area contributed by atoms with E-state index < -0.39 is 53.0 Å². The van der Waals surface area contributed by atoms with Crippen molar-refractivity contribution < 1.29 is 146 Å². The van der Waals surface area contributed by atoms with Gasteiger partial charge >= 0.3 is 88.7 Å². The predicted octanol–water partition coefficient (Wildman–Crippen LogP) is -13.9. The van der Waals surface area contributed by atoms with E-state index in [0.717, 1.165) is 0 Å². The number of hydrogen-bond donors (Lipinski definition) is 4. The van der Waals surface area contributed by atoms with Crippen LogP contribution in [-0.4, -0.2) is 57.5 Å². The van der Waals surface area contributed by atoms with E-state index in [-0.39, 0.29) is 88.7 Å². The minimum absolute atomic E-state index is 0. The second-order valence-corrected chi connectivity index (χ2v) is 6.27. The number of aliphatic hydroxyl groups is 3. The molecule has 4 N–H and O–H groups in total. The van der Waals surface area contributed by atoms with Crippen LogP contribution in [0.1, 0.15) is 0 Å². The summed E-state index contributed by atoms with van der Waals surface area (Å²) in [6.45, 7) is -2.29. The van der Waals surface area contributed by atoms with Crippen LogP contribution in [0.2, 0.25) is 0 Å². The summed E-state index contributed by atoms with van der Waals surface area (Å²) in [6.07, 6.45) is -5.63. The molecular formula is C6H11Na3O12P2. The molecule has 0 aliphatic carbocycles. The Morgan fingerprint density at radius 3 is 1.96 bits per heavy atom. The minimum atomic E-state index is -5.37. The largest absolute Gasteiger partial charge is 1.00 e. The van der Waals surface area contributed by atoms with E-state index in [1.165, 1.54) is 0 Å². The van der Waals surface area contributed by atoms with Gasteiger partial charge in [0.25, 0.3) is 7.82 Å². The van der Waals surface area contributed by atoms with Crippen molar-refractivity contribution in [3.8, 4) is 0 Å². The maximum atomic E-state index is 10.4. The molecule has 1 saturated heterocycles. The molecule has 17 heteroatoms. The first-order valence-corrected chi connectivity index (χ1v) is 7.91. The number of phosphoric ester groups is 2. The summed E-state index contributed by atoms with van der Waals surface area (Å²) in [5, 5.41) is 28.6. The Bertz CT molecular complexity index is 441. The van der Waals surface area contributed by atoms with Crippen LogP contribution >= 0.6 is 15.6 Å². The molecule has 120 valence electrons. The molecular weight excluding hydrogens is 395 g/mol. The summed E-state index contributed by atoms with van der Waals surface area (Å²) >= 11 is 0. The van der Waals surface area contributed by atoms with E-state index in [9.17, 15) is 39.1 Å². The zero-order valence-corrected chi connectivity index (χ0v) is 20.4. The summed E-state index contributed by atoms with van der Waals surface area (Å²) in [5.41, 5.74) is 0. The standard InChI is InChI=1S/C6H14O12P2.3Na/c7-4-3(1-16-19(10,11)12)18-6(9,5(4)8)2-17-20(13,14)15;;;/h3-5,7-9H,1-2H2,(H2,10,11,12)(H2,13,14,15);;;/q;3*+1/p-3. The summed E-state index contributed by atoms with van der Waals surface area (Å²) < 4.78 is 32.8. The van der Waals surface area contributed by atoms with Gasteiger partial charge in [-0.05, 0) is 0 Å². The van der Waals surface area contributed by atoms with Crippen LogP contribution in [0.4, 0.5) is 0 Å². The van der Waals surface area contributed by atoms with Gasteiger partial charge in [-0.2, -0.15) is 0 Å². The minimum Gasteiger partial charge on any atom is -0.790 e. The average Bonchev–Trinajstić information content (AvgIpc) is 2.48. The van der Waals surface area contributed by atoms with Crippen molar-refractivity contribution in [3.05, 3.63) is 0 Å².